The van der Waals surface area contributed by atoms with Crippen LogP contribution in [0.2, 0.25) is 0 Å². The summed E-state index contributed by atoms with van der Waals surface area (Å²) in [7, 11) is 1.73. The number of fused-ring (bicyclic) bond motifs is 1. The van der Waals surface area contributed by atoms with Gasteiger partial charge in [-0.1, -0.05) is 66.7 Å². The normalized spacial score (nSPS) is 19.2. The Kier molecular flexibility index (Phi) is 11.9. The zero-order valence-corrected chi connectivity index (χ0v) is 26.1. The molecule has 0 spiro atoms. The molecule has 0 aliphatic carbocycles. The second kappa shape index (κ2) is 14.9. The minimum atomic E-state index is 0. The Labute approximate surface area is 257 Å². The zero-order valence-electron chi connectivity index (χ0n) is 24.4. The molecule has 0 radical (unpaired) electrons. The van der Waals surface area contributed by atoms with E-state index in [1.807, 2.05) is 23.1 Å². The molecule has 0 N–H and O–H groups in total. The monoisotopic (exact) mass is 599 g/mol. The SMILES string of the molecule is COc1cccc(OC(C)C)c1CN1C[C@@H]2CN(C(C)=O)CCN2[C@H](C(c2ccccc2)c2ccccc2)C1.Cl.Cl. The maximum Gasteiger partial charge on any atom is 0.219 e. The summed E-state index contributed by atoms with van der Waals surface area (Å²) in [5.41, 5.74) is 3.73. The number of ether oxygens (including phenoxy) is 2. The quantitative estimate of drug-likeness (QED) is 0.324. The van der Waals surface area contributed by atoms with Crippen molar-refractivity contribution >= 4 is 30.7 Å². The van der Waals surface area contributed by atoms with Gasteiger partial charge in [-0.25, -0.2) is 0 Å². The van der Waals surface area contributed by atoms with E-state index in [0.717, 1.165) is 56.3 Å². The summed E-state index contributed by atoms with van der Waals surface area (Å²) >= 11 is 0. The van der Waals surface area contributed by atoms with Crippen LogP contribution in [0.5, 0.6) is 11.5 Å². The number of piperazine rings is 2. The van der Waals surface area contributed by atoms with E-state index >= 15 is 0 Å². The molecule has 2 aliphatic rings. The van der Waals surface area contributed by atoms with Crippen LogP contribution < -0.4 is 9.47 Å². The molecule has 2 heterocycles. The highest BCUT2D eigenvalue weighted by Gasteiger charge is 2.43. The molecule has 2 atom stereocenters. The van der Waals surface area contributed by atoms with E-state index < -0.39 is 0 Å². The molecule has 222 valence electrons. The topological polar surface area (TPSA) is 45.3 Å². The lowest BCUT2D eigenvalue weighted by Gasteiger charge is -2.53. The van der Waals surface area contributed by atoms with Crippen LogP contribution in [-0.4, -0.2) is 78.6 Å². The second-order valence-corrected chi connectivity index (χ2v) is 11.0. The molecule has 2 aliphatic heterocycles. The Morgan fingerprint density at radius 1 is 0.829 bits per heavy atom. The number of benzene rings is 3. The van der Waals surface area contributed by atoms with E-state index in [0.29, 0.717) is 0 Å². The number of methoxy groups -OCH3 is 1. The molecule has 2 fully saturated rings. The minimum absolute atomic E-state index is 0. The Bertz CT molecular complexity index is 1210. The highest BCUT2D eigenvalue weighted by atomic mass is 35.5. The van der Waals surface area contributed by atoms with Crippen molar-refractivity contribution < 1.29 is 14.3 Å². The Morgan fingerprint density at radius 3 is 2.00 bits per heavy atom. The molecule has 8 heteroatoms. The fourth-order valence-corrected chi connectivity index (χ4v) is 6.36. The van der Waals surface area contributed by atoms with Crippen molar-refractivity contribution in [1.29, 1.82) is 0 Å². The highest BCUT2D eigenvalue weighted by molar-refractivity contribution is 5.85. The summed E-state index contributed by atoms with van der Waals surface area (Å²) < 4.78 is 12.0. The van der Waals surface area contributed by atoms with Crippen molar-refractivity contribution in [2.24, 2.45) is 0 Å². The number of hydrogen-bond donors (Lipinski definition) is 0. The Balaban J connectivity index is 0.00000231. The molecule has 5 rings (SSSR count). The second-order valence-electron chi connectivity index (χ2n) is 11.0. The van der Waals surface area contributed by atoms with E-state index in [1.54, 1.807) is 14.0 Å². The molecule has 2 saturated heterocycles. The van der Waals surface area contributed by atoms with Crippen molar-refractivity contribution in [3.63, 3.8) is 0 Å². The smallest absolute Gasteiger partial charge is 0.219 e. The van der Waals surface area contributed by atoms with E-state index in [-0.39, 0.29) is 54.8 Å². The number of nitrogens with zero attached hydrogens (tertiary/aromatic N) is 3. The van der Waals surface area contributed by atoms with Gasteiger partial charge in [-0.3, -0.25) is 14.6 Å². The summed E-state index contributed by atoms with van der Waals surface area (Å²) in [4.78, 5) is 19.6. The first-order chi connectivity index (χ1) is 18.9. The third kappa shape index (κ3) is 7.55. The van der Waals surface area contributed by atoms with Gasteiger partial charge in [0.15, 0.2) is 0 Å². The van der Waals surface area contributed by atoms with Gasteiger partial charge in [-0.15, -0.1) is 24.8 Å². The van der Waals surface area contributed by atoms with Gasteiger partial charge in [-0.05, 0) is 37.1 Å². The number of amides is 1. The fraction of sp³-hybridized carbons (Fsp3) is 0.424. The lowest BCUT2D eigenvalue weighted by Crippen LogP contribution is -2.67. The van der Waals surface area contributed by atoms with Crippen molar-refractivity contribution in [1.82, 2.24) is 14.7 Å². The molecular formula is C33H43Cl2N3O3. The van der Waals surface area contributed by atoms with Crippen LogP contribution in [0.1, 0.15) is 43.4 Å². The summed E-state index contributed by atoms with van der Waals surface area (Å²) in [5, 5.41) is 0. The molecule has 0 bridgehead atoms. The molecule has 0 unspecified atom stereocenters. The molecule has 0 saturated carbocycles. The Morgan fingerprint density at radius 2 is 1.44 bits per heavy atom. The molecule has 1 amide bonds. The Hall–Kier alpha value is -2.77. The third-order valence-corrected chi connectivity index (χ3v) is 8.07. The van der Waals surface area contributed by atoms with Gasteiger partial charge >= 0.3 is 0 Å². The third-order valence-electron chi connectivity index (χ3n) is 8.07. The van der Waals surface area contributed by atoms with Crippen molar-refractivity contribution in [3.8, 4) is 11.5 Å². The van der Waals surface area contributed by atoms with E-state index in [2.05, 4.69) is 84.3 Å². The van der Waals surface area contributed by atoms with E-state index in [1.165, 1.54) is 11.1 Å². The first-order valence-corrected chi connectivity index (χ1v) is 14.1. The molecule has 6 nitrogen and oxygen atoms in total. The molecular weight excluding hydrogens is 557 g/mol. The average molecular weight is 601 g/mol. The van der Waals surface area contributed by atoms with Gasteiger partial charge < -0.3 is 14.4 Å². The van der Waals surface area contributed by atoms with Gasteiger partial charge in [0.1, 0.15) is 11.5 Å². The van der Waals surface area contributed by atoms with Crippen molar-refractivity contribution in [2.45, 2.75) is 51.4 Å². The van der Waals surface area contributed by atoms with Crippen LogP contribution in [0.15, 0.2) is 78.9 Å². The highest BCUT2D eigenvalue weighted by Crippen LogP contribution is 2.37. The predicted molar refractivity (Wildman–Crippen MR) is 170 cm³/mol. The number of hydrogen-bond acceptors (Lipinski definition) is 5. The van der Waals surface area contributed by atoms with Crippen LogP contribution in [0.3, 0.4) is 0 Å². The molecule has 0 aromatic heterocycles. The van der Waals surface area contributed by atoms with E-state index in [4.69, 9.17) is 9.47 Å². The summed E-state index contributed by atoms with van der Waals surface area (Å²) in [5.74, 6) is 2.10. The molecule has 3 aromatic carbocycles. The summed E-state index contributed by atoms with van der Waals surface area (Å²) in [6, 6.07) is 28.3. The van der Waals surface area contributed by atoms with Gasteiger partial charge in [0, 0.05) is 64.2 Å². The molecule has 3 aromatic rings. The number of halogens is 2. The minimum Gasteiger partial charge on any atom is -0.496 e. The predicted octanol–water partition coefficient (Wildman–Crippen LogP) is 5.88. The first-order valence-electron chi connectivity index (χ1n) is 14.1. The first kappa shape index (κ1) is 32.7. The van der Waals surface area contributed by atoms with Crippen LogP contribution in [0.4, 0.5) is 0 Å². The summed E-state index contributed by atoms with van der Waals surface area (Å²) in [6.45, 7) is 10.7. The van der Waals surface area contributed by atoms with Gasteiger partial charge in [0.2, 0.25) is 5.91 Å². The standard InChI is InChI=1S/C33H41N3O3.2ClH/c1-24(2)39-32-17-11-16-31(38-4)29(32)22-34-20-28-21-35(25(3)37)18-19-36(28)30(23-34)33(26-12-7-5-8-13-26)27-14-9-6-10-15-27;;/h5-17,24,28,30,33H,18-23H2,1-4H3;2*1H/t28-,30+;;/m1../s1. The van der Waals surface area contributed by atoms with Crippen molar-refractivity contribution in [3.05, 3.63) is 95.6 Å². The zero-order chi connectivity index (χ0) is 27.4. The number of carbonyl (C=O) groups is 1. The summed E-state index contributed by atoms with van der Waals surface area (Å²) in [6.07, 6.45) is 0.0727. The van der Waals surface area contributed by atoms with Crippen LogP contribution in [-0.2, 0) is 11.3 Å². The fourth-order valence-electron chi connectivity index (χ4n) is 6.36. The van der Waals surface area contributed by atoms with Crippen LogP contribution in [0.25, 0.3) is 0 Å². The van der Waals surface area contributed by atoms with E-state index in [9.17, 15) is 4.79 Å². The molecule has 41 heavy (non-hydrogen) atoms. The maximum atomic E-state index is 12.4. The number of carbonyl (C=O) groups excluding carboxylic acids is 1. The maximum absolute atomic E-state index is 12.4. The average Bonchev–Trinajstić information content (AvgIpc) is 2.94. The lowest BCUT2D eigenvalue weighted by molar-refractivity contribution is -0.134. The van der Waals surface area contributed by atoms with Gasteiger partial charge in [0.25, 0.3) is 0 Å². The van der Waals surface area contributed by atoms with Gasteiger partial charge in [-0.2, -0.15) is 0 Å². The lowest BCUT2D eigenvalue weighted by atomic mass is 9.81. The number of rotatable bonds is 8. The van der Waals surface area contributed by atoms with Crippen molar-refractivity contribution in [2.75, 3.05) is 39.8 Å². The largest absolute Gasteiger partial charge is 0.496 e. The van der Waals surface area contributed by atoms with Crippen LogP contribution in [0, 0.1) is 0 Å². The van der Waals surface area contributed by atoms with Gasteiger partial charge in [0.05, 0.1) is 18.8 Å². The van der Waals surface area contributed by atoms with Crippen LogP contribution >= 0.6 is 24.8 Å².